The Kier molecular flexibility index (Phi) is 6.32. The number of carbonyl (C=O) groups excluding carboxylic acids is 1. The van der Waals surface area contributed by atoms with Crippen molar-refractivity contribution in [1.82, 2.24) is 15.6 Å². The van der Waals surface area contributed by atoms with Crippen molar-refractivity contribution in [3.8, 4) is 5.75 Å². The molecule has 3 rings (SSSR count). The molecule has 26 heavy (non-hydrogen) atoms. The summed E-state index contributed by atoms with van der Waals surface area (Å²) >= 11 is 8.71. The summed E-state index contributed by atoms with van der Waals surface area (Å²) in [4.78, 5) is 13.2. The van der Waals surface area contributed by atoms with Gasteiger partial charge in [0.25, 0.3) is 5.91 Å². The van der Waals surface area contributed by atoms with Gasteiger partial charge >= 0.3 is 0 Å². The number of hydrogen-bond donors (Lipinski definition) is 2. The first kappa shape index (κ1) is 18.5. The fourth-order valence-electron chi connectivity index (χ4n) is 1.99. The van der Waals surface area contributed by atoms with Crippen LogP contribution in [0, 0.1) is 0 Å². The zero-order valence-corrected chi connectivity index (χ0v) is 16.1. The van der Waals surface area contributed by atoms with Crippen molar-refractivity contribution >= 4 is 45.7 Å². The summed E-state index contributed by atoms with van der Waals surface area (Å²) in [5.74, 6) is 0.455. The van der Waals surface area contributed by atoms with Crippen LogP contribution in [0.3, 0.4) is 0 Å². The molecule has 2 N–H and O–H groups in total. The highest BCUT2D eigenvalue weighted by Gasteiger charge is 2.09. The number of halogens is 1. The van der Waals surface area contributed by atoms with Crippen LogP contribution < -0.4 is 15.6 Å². The molecule has 0 fully saturated rings. The van der Waals surface area contributed by atoms with Crippen molar-refractivity contribution in [1.29, 1.82) is 0 Å². The maximum Gasteiger partial charge on any atom is 0.269 e. The van der Waals surface area contributed by atoms with E-state index in [1.54, 1.807) is 42.1 Å². The first-order valence-corrected chi connectivity index (χ1v) is 9.97. The minimum absolute atomic E-state index is 0.241. The number of nitrogens with one attached hydrogen (secondary N) is 2. The number of benzene rings is 2. The van der Waals surface area contributed by atoms with Gasteiger partial charge in [-0.1, -0.05) is 29.0 Å². The van der Waals surface area contributed by atoms with Crippen molar-refractivity contribution in [2.24, 2.45) is 0 Å². The van der Waals surface area contributed by atoms with Crippen LogP contribution >= 0.6 is 34.7 Å². The summed E-state index contributed by atoms with van der Waals surface area (Å²) in [6, 6.07) is 14.5. The quantitative estimate of drug-likeness (QED) is 0.451. The van der Waals surface area contributed by atoms with Gasteiger partial charge in [-0.05, 0) is 48.7 Å². The SMILES string of the molecule is CSc1cccc(C(=O)NNc2nnc(COc3ccc(Cl)cc3)s2)c1. The molecule has 0 saturated heterocycles. The molecule has 6 nitrogen and oxygen atoms in total. The van der Waals surface area contributed by atoms with Gasteiger partial charge in [-0.3, -0.25) is 15.6 Å². The van der Waals surface area contributed by atoms with Crippen LogP contribution in [-0.4, -0.2) is 22.4 Å². The number of hydrazine groups is 1. The van der Waals surface area contributed by atoms with Crippen LogP contribution in [0.25, 0.3) is 0 Å². The topological polar surface area (TPSA) is 76.1 Å². The van der Waals surface area contributed by atoms with Crippen molar-refractivity contribution in [2.75, 3.05) is 11.7 Å². The first-order valence-electron chi connectivity index (χ1n) is 7.55. The van der Waals surface area contributed by atoms with Gasteiger partial charge in [-0.2, -0.15) is 0 Å². The summed E-state index contributed by atoms with van der Waals surface area (Å²) in [6.07, 6.45) is 1.96. The molecular weight excluding hydrogens is 392 g/mol. The Labute approximate surface area is 163 Å². The molecular formula is C17H15ClN4O2S2. The third-order valence-electron chi connectivity index (χ3n) is 3.26. The molecule has 1 aromatic heterocycles. The summed E-state index contributed by atoms with van der Waals surface area (Å²) in [5, 5.41) is 9.82. The fraction of sp³-hybridized carbons (Fsp3) is 0.118. The van der Waals surface area contributed by atoms with E-state index in [2.05, 4.69) is 21.0 Å². The summed E-state index contributed by atoms with van der Waals surface area (Å²) in [5.41, 5.74) is 5.96. The van der Waals surface area contributed by atoms with Crippen LogP contribution in [0.4, 0.5) is 5.13 Å². The van der Waals surface area contributed by atoms with E-state index in [0.29, 0.717) is 26.5 Å². The van der Waals surface area contributed by atoms with Crippen LogP contribution in [0.1, 0.15) is 15.4 Å². The predicted molar refractivity (Wildman–Crippen MR) is 105 cm³/mol. The highest BCUT2D eigenvalue weighted by atomic mass is 35.5. The van der Waals surface area contributed by atoms with Crippen molar-refractivity contribution in [2.45, 2.75) is 11.5 Å². The average molecular weight is 407 g/mol. The molecule has 134 valence electrons. The normalized spacial score (nSPS) is 10.4. The molecule has 1 heterocycles. The van der Waals surface area contributed by atoms with Crippen LogP contribution in [0.15, 0.2) is 53.4 Å². The van der Waals surface area contributed by atoms with Gasteiger partial charge in [-0.15, -0.1) is 22.0 Å². The molecule has 0 atom stereocenters. The Balaban J connectivity index is 1.51. The number of nitrogens with zero attached hydrogens (tertiary/aromatic N) is 2. The average Bonchev–Trinajstić information content (AvgIpc) is 3.13. The van der Waals surface area contributed by atoms with E-state index in [-0.39, 0.29) is 12.5 Å². The Morgan fingerprint density at radius 3 is 2.81 bits per heavy atom. The Hall–Kier alpha value is -2.29. The molecule has 0 aliphatic carbocycles. The zero-order chi connectivity index (χ0) is 18.4. The van der Waals surface area contributed by atoms with E-state index in [0.717, 1.165) is 4.90 Å². The number of hydrogen-bond acceptors (Lipinski definition) is 7. The van der Waals surface area contributed by atoms with Gasteiger partial charge in [-0.25, -0.2) is 0 Å². The minimum Gasteiger partial charge on any atom is -0.486 e. The fourth-order valence-corrected chi connectivity index (χ4v) is 3.18. The Morgan fingerprint density at radius 1 is 1.23 bits per heavy atom. The molecule has 0 saturated carbocycles. The smallest absolute Gasteiger partial charge is 0.269 e. The number of thioether (sulfide) groups is 1. The first-order chi connectivity index (χ1) is 12.6. The monoisotopic (exact) mass is 406 g/mol. The van der Waals surface area contributed by atoms with Gasteiger partial charge in [0.2, 0.25) is 5.13 Å². The molecule has 1 amide bonds. The van der Waals surface area contributed by atoms with Crippen LogP contribution in [0.2, 0.25) is 5.02 Å². The number of rotatable bonds is 7. The largest absolute Gasteiger partial charge is 0.486 e. The van der Waals surface area contributed by atoms with E-state index < -0.39 is 0 Å². The molecule has 2 aromatic carbocycles. The zero-order valence-electron chi connectivity index (χ0n) is 13.7. The molecule has 9 heteroatoms. The molecule has 0 unspecified atom stereocenters. The second-order valence-corrected chi connectivity index (χ2v) is 7.43. The summed E-state index contributed by atoms with van der Waals surface area (Å²) < 4.78 is 5.61. The van der Waals surface area contributed by atoms with E-state index in [1.165, 1.54) is 11.3 Å². The molecule has 0 bridgehead atoms. The van der Waals surface area contributed by atoms with E-state index in [9.17, 15) is 4.79 Å². The third-order valence-corrected chi connectivity index (χ3v) is 5.05. The van der Waals surface area contributed by atoms with Crippen LogP contribution in [-0.2, 0) is 6.61 Å². The molecule has 0 radical (unpaired) electrons. The van der Waals surface area contributed by atoms with Crippen LogP contribution in [0.5, 0.6) is 5.75 Å². The second-order valence-electron chi connectivity index (χ2n) is 5.05. The third kappa shape index (κ3) is 5.10. The van der Waals surface area contributed by atoms with E-state index in [1.807, 2.05) is 24.5 Å². The molecule has 0 spiro atoms. The lowest BCUT2D eigenvalue weighted by atomic mass is 10.2. The molecule has 3 aromatic rings. The predicted octanol–water partition coefficient (Wildman–Crippen LogP) is 4.25. The number of carbonyl (C=O) groups is 1. The van der Waals surface area contributed by atoms with Gasteiger partial charge in [0.1, 0.15) is 12.4 Å². The molecule has 0 aliphatic heterocycles. The summed E-state index contributed by atoms with van der Waals surface area (Å²) in [6.45, 7) is 0.282. The second kappa shape index (κ2) is 8.88. The maximum atomic E-state index is 12.2. The highest BCUT2D eigenvalue weighted by Crippen LogP contribution is 2.20. The lowest BCUT2D eigenvalue weighted by Crippen LogP contribution is -2.29. The number of amides is 1. The van der Waals surface area contributed by atoms with Crippen molar-refractivity contribution in [3.05, 3.63) is 64.1 Å². The summed E-state index contributed by atoms with van der Waals surface area (Å²) in [7, 11) is 0. The standard InChI is InChI=1S/C17H15ClN4O2S2/c1-25-14-4-2-3-11(9-14)16(23)20-22-17-21-19-15(26-17)10-24-13-7-5-12(18)6-8-13/h2-9H,10H2,1H3,(H,20,23)(H,21,22). The highest BCUT2D eigenvalue weighted by molar-refractivity contribution is 7.98. The minimum atomic E-state index is -0.241. The van der Waals surface area contributed by atoms with Crippen molar-refractivity contribution < 1.29 is 9.53 Å². The van der Waals surface area contributed by atoms with Gasteiger partial charge in [0.05, 0.1) is 0 Å². The lowest BCUT2D eigenvalue weighted by Gasteiger charge is -2.06. The van der Waals surface area contributed by atoms with Gasteiger partial charge < -0.3 is 4.74 Å². The van der Waals surface area contributed by atoms with E-state index >= 15 is 0 Å². The Morgan fingerprint density at radius 2 is 2.04 bits per heavy atom. The molecule has 0 aliphatic rings. The number of anilines is 1. The lowest BCUT2D eigenvalue weighted by molar-refractivity contribution is 0.0962. The van der Waals surface area contributed by atoms with Crippen molar-refractivity contribution in [3.63, 3.8) is 0 Å². The number of ether oxygens (including phenoxy) is 1. The van der Waals surface area contributed by atoms with Gasteiger partial charge in [0, 0.05) is 15.5 Å². The van der Waals surface area contributed by atoms with E-state index in [4.69, 9.17) is 16.3 Å². The van der Waals surface area contributed by atoms with Gasteiger partial charge in [0.15, 0.2) is 5.01 Å². The maximum absolute atomic E-state index is 12.2. The Bertz CT molecular complexity index is 886. The number of aromatic nitrogens is 2.